The van der Waals surface area contributed by atoms with Gasteiger partial charge >= 0.3 is 0 Å². The summed E-state index contributed by atoms with van der Waals surface area (Å²) in [5.74, 6) is 0.560. The highest BCUT2D eigenvalue weighted by molar-refractivity contribution is 6.33. The maximum Gasteiger partial charge on any atom is 0.258 e. The molecule has 1 saturated heterocycles. The molecule has 4 nitrogen and oxygen atoms in total. The zero-order valence-electron chi connectivity index (χ0n) is 13.6. The Bertz CT molecular complexity index is 696. The largest absolute Gasteiger partial charge is 0.338 e. The third-order valence-corrected chi connectivity index (χ3v) is 4.78. The van der Waals surface area contributed by atoms with Gasteiger partial charge in [0.25, 0.3) is 5.91 Å². The molecule has 1 aromatic carbocycles. The Kier molecular flexibility index (Phi) is 4.71. The number of aryl methyl sites for hydroxylation is 1. The number of halogens is 1. The average Bonchev–Trinajstić information content (AvgIpc) is 2.82. The van der Waals surface area contributed by atoms with Gasteiger partial charge in [-0.1, -0.05) is 48.9 Å². The standard InChI is InChI=1S/C18H22ClN3O/c1-13-7-6-10-21(11-13)18(23)16-14(2)20-22(17(16)19)12-15-8-4-3-5-9-15/h3-5,8-9,13H,6-7,10-12H2,1-2H3. The third kappa shape index (κ3) is 3.42. The summed E-state index contributed by atoms with van der Waals surface area (Å²) in [6.07, 6.45) is 2.24. The summed E-state index contributed by atoms with van der Waals surface area (Å²) in [6.45, 7) is 6.23. The van der Waals surface area contributed by atoms with Gasteiger partial charge in [-0.15, -0.1) is 0 Å². The van der Waals surface area contributed by atoms with E-state index in [0.717, 1.165) is 25.1 Å². The molecule has 122 valence electrons. The van der Waals surface area contributed by atoms with Crippen LogP contribution in [-0.4, -0.2) is 33.7 Å². The van der Waals surface area contributed by atoms with Crippen LogP contribution >= 0.6 is 11.6 Å². The summed E-state index contributed by atoms with van der Waals surface area (Å²) in [7, 11) is 0. The molecule has 1 atom stereocenters. The van der Waals surface area contributed by atoms with E-state index in [1.807, 2.05) is 42.2 Å². The van der Waals surface area contributed by atoms with Crippen LogP contribution in [0.2, 0.25) is 5.15 Å². The Morgan fingerprint density at radius 1 is 1.35 bits per heavy atom. The molecule has 0 N–H and O–H groups in total. The van der Waals surface area contributed by atoms with E-state index >= 15 is 0 Å². The van der Waals surface area contributed by atoms with Crippen molar-refractivity contribution in [2.45, 2.75) is 33.2 Å². The highest BCUT2D eigenvalue weighted by Gasteiger charge is 2.27. The van der Waals surface area contributed by atoms with Gasteiger partial charge in [0, 0.05) is 13.1 Å². The first-order valence-corrected chi connectivity index (χ1v) is 8.50. The molecule has 23 heavy (non-hydrogen) atoms. The number of likely N-dealkylation sites (tertiary alicyclic amines) is 1. The predicted octanol–water partition coefficient (Wildman–Crippen LogP) is 3.77. The van der Waals surface area contributed by atoms with E-state index in [9.17, 15) is 4.79 Å². The molecular weight excluding hydrogens is 310 g/mol. The van der Waals surface area contributed by atoms with E-state index in [0.29, 0.717) is 28.9 Å². The normalized spacial score (nSPS) is 18.2. The van der Waals surface area contributed by atoms with Gasteiger partial charge < -0.3 is 4.90 Å². The number of piperidine rings is 1. The molecule has 0 saturated carbocycles. The van der Waals surface area contributed by atoms with Crippen molar-refractivity contribution < 1.29 is 4.79 Å². The van der Waals surface area contributed by atoms with Crippen molar-refractivity contribution in [1.29, 1.82) is 0 Å². The van der Waals surface area contributed by atoms with Crippen LogP contribution in [0.1, 0.15) is 41.4 Å². The molecule has 1 unspecified atom stereocenters. The molecule has 0 spiro atoms. The van der Waals surface area contributed by atoms with Crippen molar-refractivity contribution in [3.8, 4) is 0 Å². The van der Waals surface area contributed by atoms with Gasteiger partial charge in [0.2, 0.25) is 0 Å². The topological polar surface area (TPSA) is 38.1 Å². The van der Waals surface area contributed by atoms with Gasteiger partial charge in [0.05, 0.1) is 17.8 Å². The number of amides is 1. The molecule has 1 aliphatic heterocycles. The predicted molar refractivity (Wildman–Crippen MR) is 91.8 cm³/mol. The van der Waals surface area contributed by atoms with Crippen LogP contribution in [0.5, 0.6) is 0 Å². The van der Waals surface area contributed by atoms with E-state index in [4.69, 9.17) is 11.6 Å². The lowest BCUT2D eigenvalue weighted by Gasteiger charge is -2.30. The second-order valence-electron chi connectivity index (χ2n) is 6.39. The van der Waals surface area contributed by atoms with Gasteiger partial charge in [-0.2, -0.15) is 5.10 Å². The summed E-state index contributed by atoms with van der Waals surface area (Å²) in [4.78, 5) is 14.8. The highest BCUT2D eigenvalue weighted by atomic mass is 35.5. The lowest BCUT2D eigenvalue weighted by Crippen LogP contribution is -2.39. The SMILES string of the molecule is Cc1nn(Cc2ccccc2)c(Cl)c1C(=O)N1CCCC(C)C1. The van der Waals surface area contributed by atoms with Crippen LogP contribution in [0.15, 0.2) is 30.3 Å². The first-order chi connectivity index (χ1) is 11.1. The van der Waals surface area contributed by atoms with Gasteiger partial charge in [0.1, 0.15) is 5.15 Å². The second kappa shape index (κ2) is 6.75. The molecule has 1 fully saturated rings. The summed E-state index contributed by atoms with van der Waals surface area (Å²) >= 11 is 6.48. The second-order valence-corrected chi connectivity index (χ2v) is 6.75. The Labute approximate surface area is 142 Å². The fourth-order valence-corrected chi connectivity index (χ4v) is 3.50. The molecule has 3 rings (SSSR count). The third-order valence-electron chi connectivity index (χ3n) is 4.40. The van der Waals surface area contributed by atoms with Crippen LogP contribution in [0.25, 0.3) is 0 Å². The van der Waals surface area contributed by atoms with Crippen LogP contribution in [0.3, 0.4) is 0 Å². The molecule has 1 aromatic heterocycles. The molecule has 0 radical (unpaired) electrons. The van der Waals surface area contributed by atoms with E-state index in [1.165, 1.54) is 6.42 Å². The number of aromatic nitrogens is 2. The number of rotatable bonds is 3. The molecule has 2 heterocycles. The van der Waals surface area contributed by atoms with Crippen LogP contribution in [0, 0.1) is 12.8 Å². The van der Waals surface area contributed by atoms with E-state index in [2.05, 4.69) is 12.0 Å². The number of hydrogen-bond donors (Lipinski definition) is 0. The lowest BCUT2D eigenvalue weighted by molar-refractivity contribution is 0.0682. The van der Waals surface area contributed by atoms with E-state index < -0.39 is 0 Å². The van der Waals surface area contributed by atoms with Crippen molar-refractivity contribution in [2.75, 3.05) is 13.1 Å². The monoisotopic (exact) mass is 331 g/mol. The Hall–Kier alpha value is -1.81. The van der Waals surface area contributed by atoms with Crippen molar-refractivity contribution >= 4 is 17.5 Å². The molecule has 0 bridgehead atoms. The van der Waals surface area contributed by atoms with Crippen molar-refractivity contribution in [3.63, 3.8) is 0 Å². The fourth-order valence-electron chi connectivity index (χ4n) is 3.19. The first-order valence-electron chi connectivity index (χ1n) is 8.12. The molecule has 1 amide bonds. The number of nitrogens with zero attached hydrogens (tertiary/aromatic N) is 3. The molecule has 0 aliphatic carbocycles. The van der Waals surface area contributed by atoms with E-state index in [-0.39, 0.29) is 5.91 Å². The minimum Gasteiger partial charge on any atom is -0.338 e. The van der Waals surface area contributed by atoms with Crippen LogP contribution < -0.4 is 0 Å². The first kappa shape index (κ1) is 16.1. The Morgan fingerprint density at radius 3 is 2.78 bits per heavy atom. The summed E-state index contributed by atoms with van der Waals surface area (Å²) in [6, 6.07) is 10.0. The molecule has 2 aromatic rings. The fraction of sp³-hybridized carbons (Fsp3) is 0.444. The quantitative estimate of drug-likeness (QED) is 0.858. The van der Waals surface area contributed by atoms with Crippen molar-refractivity contribution in [1.82, 2.24) is 14.7 Å². The zero-order valence-corrected chi connectivity index (χ0v) is 14.4. The smallest absolute Gasteiger partial charge is 0.258 e. The number of hydrogen-bond acceptors (Lipinski definition) is 2. The minimum atomic E-state index is 0.0124. The lowest BCUT2D eigenvalue weighted by atomic mass is 9.99. The molecular formula is C18H22ClN3O. The number of carbonyl (C=O) groups is 1. The maximum absolute atomic E-state index is 12.8. The van der Waals surface area contributed by atoms with Gasteiger partial charge in [0.15, 0.2) is 0 Å². The van der Waals surface area contributed by atoms with Gasteiger partial charge in [-0.25, -0.2) is 4.68 Å². The average molecular weight is 332 g/mol. The van der Waals surface area contributed by atoms with Crippen LogP contribution in [0.4, 0.5) is 0 Å². The van der Waals surface area contributed by atoms with Gasteiger partial charge in [-0.3, -0.25) is 4.79 Å². The van der Waals surface area contributed by atoms with Crippen molar-refractivity contribution in [2.24, 2.45) is 5.92 Å². The van der Waals surface area contributed by atoms with E-state index in [1.54, 1.807) is 4.68 Å². The number of carbonyl (C=O) groups excluding carboxylic acids is 1. The summed E-state index contributed by atoms with van der Waals surface area (Å²) in [5.41, 5.74) is 2.37. The summed E-state index contributed by atoms with van der Waals surface area (Å²) in [5, 5.41) is 4.92. The van der Waals surface area contributed by atoms with Gasteiger partial charge in [-0.05, 0) is 31.2 Å². The molecule has 1 aliphatic rings. The Balaban J connectivity index is 1.84. The maximum atomic E-state index is 12.8. The Morgan fingerprint density at radius 2 is 2.09 bits per heavy atom. The van der Waals surface area contributed by atoms with Crippen LogP contribution in [-0.2, 0) is 6.54 Å². The summed E-state index contributed by atoms with van der Waals surface area (Å²) < 4.78 is 1.72. The minimum absolute atomic E-state index is 0.0124. The highest BCUT2D eigenvalue weighted by Crippen LogP contribution is 2.25. The number of benzene rings is 1. The molecule has 5 heteroatoms. The zero-order chi connectivity index (χ0) is 16.4. The van der Waals surface area contributed by atoms with Crippen molar-refractivity contribution in [3.05, 3.63) is 52.3 Å².